The van der Waals surface area contributed by atoms with Crippen LogP contribution in [0.4, 0.5) is 0 Å². The minimum Gasteiger partial charge on any atom is -0.465 e. The molecule has 2 aromatic rings. The smallest absolute Gasteiger partial charge is 0.302 e. The highest BCUT2D eigenvalue weighted by atomic mass is 16.5. The highest BCUT2D eigenvalue weighted by molar-refractivity contribution is 5.82. The lowest BCUT2D eigenvalue weighted by molar-refractivity contribution is -0.141. The fraction of sp³-hybridized carbons (Fsp3) is 0.286. The lowest BCUT2D eigenvalue weighted by atomic mass is 9.98. The quantitative estimate of drug-likeness (QED) is 0.760. The number of carbonyl (C=O) groups is 1. The third-order valence-electron chi connectivity index (χ3n) is 2.75. The first-order valence-corrected chi connectivity index (χ1v) is 5.65. The minimum absolute atomic E-state index is 0.173. The molecule has 1 aromatic heterocycles. The van der Waals surface area contributed by atoms with Crippen molar-refractivity contribution in [2.75, 3.05) is 6.61 Å². The van der Waals surface area contributed by atoms with Crippen molar-refractivity contribution >= 4 is 16.9 Å². The Morgan fingerprint density at radius 1 is 1.35 bits per heavy atom. The summed E-state index contributed by atoms with van der Waals surface area (Å²) in [5.74, 6) is -0.0676. The van der Waals surface area contributed by atoms with Crippen LogP contribution in [0.3, 0.4) is 0 Å². The Hall–Kier alpha value is -1.90. The molecule has 0 spiro atoms. The first-order chi connectivity index (χ1) is 8.18. The van der Waals surface area contributed by atoms with Crippen LogP contribution in [0, 0.1) is 0 Å². The number of benzene rings is 1. The molecule has 0 bridgehead atoms. The summed E-state index contributed by atoms with van der Waals surface area (Å²) in [6, 6.07) is 9.97. The molecule has 0 radical (unpaired) electrons. The summed E-state index contributed by atoms with van der Waals surface area (Å²) in [4.78, 5) is 15.1. The summed E-state index contributed by atoms with van der Waals surface area (Å²) < 4.78 is 5.05. The van der Waals surface area contributed by atoms with Gasteiger partial charge in [0.15, 0.2) is 0 Å². The first-order valence-electron chi connectivity index (χ1n) is 5.65. The normalized spacial score (nSPS) is 12.4. The average molecular weight is 229 g/mol. The number of aromatic nitrogens is 1. The maximum atomic E-state index is 10.8. The second kappa shape index (κ2) is 4.95. The Morgan fingerprint density at radius 3 is 2.88 bits per heavy atom. The van der Waals surface area contributed by atoms with E-state index in [4.69, 9.17) is 4.74 Å². The van der Waals surface area contributed by atoms with E-state index in [0.717, 1.165) is 16.5 Å². The van der Waals surface area contributed by atoms with E-state index >= 15 is 0 Å². The van der Waals surface area contributed by atoms with Gasteiger partial charge in [-0.1, -0.05) is 25.1 Å². The third kappa shape index (κ3) is 2.61. The van der Waals surface area contributed by atoms with Gasteiger partial charge >= 0.3 is 5.97 Å². The van der Waals surface area contributed by atoms with Crippen molar-refractivity contribution in [2.45, 2.75) is 19.8 Å². The maximum Gasteiger partial charge on any atom is 0.302 e. The molecule has 0 fully saturated rings. The Morgan fingerprint density at radius 2 is 2.12 bits per heavy atom. The molecule has 1 aromatic carbocycles. The van der Waals surface area contributed by atoms with E-state index in [1.807, 2.05) is 37.3 Å². The van der Waals surface area contributed by atoms with Gasteiger partial charge in [-0.25, -0.2) is 0 Å². The number of carbonyl (C=O) groups excluding carboxylic acids is 1. The van der Waals surface area contributed by atoms with Gasteiger partial charge in [0.25, 0.3) is 0 Å². The van der Waals surface area contributed by atoms with Crippen LogP contribution in [0.2, 0.25) is 0 Å². The number of esters is 1. The van der Waals surface area contributed by atoms with Crippen LogP contribution in [-0.4, -0.2) is 17.6 Å². The average Bonchev–Trinajstić information content (AvgIpc) is 2.35. The zero-order valence-electron chi connectivity index (χ0n) is 10.0. The number of ether oxygens (including phenoxy) is 1. The van der Waals surface area contributed by atoms with Crippen molar-refractivity contribution in [2.24, 2.45) is 0 Å². The Labute approximate surface area is 100 Å². The second-order valence-corrected chi connectivity index (χ2v) is 4.12. The molecule has 17 heavy (non-hydrogen) atoms. The van der Waals surface area contributed by atoms with Gasteiger partial charge in [-0.2, -0.15) is 0 Å². The summed E-state index contributed by atoms with van der Waals surface area (Å²) in [7, 11) is 0. The summed E-state index contributed by atoms with van der Waals surface area (Å²) >= 11 is 0. The zero-order chi connectivity index (χ0) is 12.3. The second-order valence-electron chi connectivity index (χ2n) is 4.12. The SMILES string of the molecule is CC(=O)OCC(C)c1ccnc2ccccc12. The lowest BCUT2D eigenvalue weighted by Gasteiger charge is -2.13. The fourth-order valence-corrected chi connectivity index (χ4v) is 1.88. The van der Waals surface area contributed by atoms with E-state index < -0.39 is 0 Å². The van der Waals surface area contributed by atoms with Gasteiger partial charge in [0.1, 0.15) is 0 Å². The number of pyridine rings is 1. The number of hydrogen-bond donors (Lipinski definition) is 0. The number of hydrogen-bond acceptors (Lipinski definition) is 3. The molecule has 3 nitrogen and oxygen atoms in total. The van der Waals surface area contributed by atoms with Gasteiger partial charge in [0, 0.05) is 24.4 Å². The van der Waals surface area contributed by atoms with Crippen LogP contribution in [0.5, 0.6) is 0 Å². The molecule has 88 valence electrons. The highest BCUT2D eigenvalue weighted by Crippen LogP contribution is 2.24. The van der Waals surface area contributed by atoms with Gasteiger partial charge in [0.2, 0.25) is 0 Å². The van der Waals surface area contributed by atoms with Crippen molar-refractivity contribution in [3.05, 3.63) is 42.1 Å². The van der Waals surface area contributed by atoms with Crippen molar-refractivity contribution in [1.29, 1.82) is 0 Å². The molecule has 0 aliphatic rings. The van der Waals surface area contributed by atoms with E-state index in [9.17, 15) is 4.79 Å². The van der Waals surface area contributed by atoms with Gasteiger partial charge < -0.3 is 4.74 Å². The summed E-state index contributed by atoms with van der Waals surface area (Å²) in [5.41, 5.74) is 2.14. The standard InChI is InChI=1S/C14H15NO2/c1-10(9-17-11(2)16)12-7-8-15-14-6-4-3-5-13(12)14/h3-8,10H,9H2,1-2H3. The van der Waals surface area contributed by atoms with E-state index in [1.54, 1.807) is 6.20 Å². The molecule has 0 aliphatic heterocycles. The molecule has 0 amide bonds. The molecule has 0 saturated carbocycles. The Balaban J connectivity index is 2.31. The highest BCUT2D eigenvalue weighted by Gasteiger charge is 2.10. The van der Waals surface area contributed by atoms with Crippen LogP contribution < -0.4 is 0 Å². The van der Waals surface area contributed by atoms with Crippen molar-refractivity contribution in [1.82, 2.24) is 4.98 Å². The molecule has 1 atom stereocenters. The molecule has 1 unspecified atom stereocenters. The predicted octanol–water partition coefficient (Wildman–Crippen LogP) is 2.90. The number of rotatable bonds is 3. The van der Waals surface area contributed by atoms with Crippen LogP contribution in [0.25, 0.3) is 10.9 Å². The van der Waals surface area contributed by atoms with Gasteiger partial charge in [-0.05, 0) is 17.7 Å². The third-order valence-corrected chi connectivity index (χ3v) is 2.75. The minimum atomic E-state index is -0.241. The fourth-order valence-electron chi connectivity index (χ4n) is 1.88. The zero-order valence-corrected chi connectivity index (χ0v) is 10.0. The van der Waals surface area contributed by atoms with Crippen molar-refractivity contribution < 1.29 is 9.53 Å². The van der Waals surface area contributed by atoms with E-state index in [1.165, 1.54) is 6.92 Å². The first kappa shape index (κ1) is 11.6. The van der Waals surface area contributed by atoms with Crippen LogP contribution in [-0.2, 0) is 9.53 Å². The van der Waals surface area contributed by atoms with E-state index in [2.05, 4.69) is 4.98 Å². The van der Waals surface area contributed by atoms with Crippen LogP contribution in [0.1, 0.15) is 25.3 Å². The summed E-state index contributed by atoms with van der Waals surface area (Å²) in [5, 5.41) is 1.12. The molecule has 0 saturated heterocycles. The number of nitrogens with zero attached hydrogens (tertiary/aromatic N) is 1. The maximum absolute atomic E-state index is 10.8. The van der Waals surface area contributed by atoms with E-state index in [0.29, 0.717) is 6.61 Å². The van der Waals surface area contributed by atoms with Crippen LogP contribution in [0.15, 0.2) is 36.5 Å². The number of para-hydroxylation sites is 1. The molecule has 2 rings (SSSR count). The Kier molecular flexibility index (Phi) is 3.38. The largest absolute Gasteiger partial charge is 0.465 e. The molecule has 0 N–H and O–H groups in total. The summed E-state index contributed by atoms with van der Waals surface area (Å²) in [6.07, 6.45) is 1.79. The van der Waals surface area contributed by atoms with Gasteiger partial charge in [-0.3, -0.25) is 9.78 Å². The van der Waals surface area contributed by atoms with Gasteiger partial charge in [-0.15, -0.1) is 0 Å². The van der Waals surface area contributed by atoms with Gasteiger partial charge in [0.05, 0.1) is 12.1 Å². The summed E-state index contributed by atoms with van der Waals surface area (Å²) in [6.45, 7) is 3.88. The molecule has 3 heteroatoms. The van der Waals surface area contributed by atoms with Crippen molar-refractivity contribution in [3.63, 3.8) is 0 Å². The molecule has 0 aliphatic carbocycles. The molecular weight excluding hydrogens is 214 g/mol. The van der Waals surface area contributed by atoms with Crippen LogP contribution >= 0.6 is 0 Å². The van der Waals surface area contributed by atoms with E-state index in [-0.39, 0.29) is 11.9 Å². The monoisotopic (exact) mass is 229 g/mol. The topological polar surface area (TPSA) is 39.2 Å². The lowest BCUT2D eigenvalue weighted by Crippen LogP contribution is -2.08. The van der Waals surface area contributed by atoms with Crippen molar-refractivity contribution in [3.8, 4) is 0 Å². The molecule has 1 heterocycles. The molecular formula is C14H15NO2. The Bertz CT molecular complexity index is 531. The number of fused-ring (bicyclic) bond motifs is 1. The predicted molar refractivity (Wildman–Crippen MR) is 66.8 cm³/mol.